The Bertz CT molecular complexity index is 247. The number of Topliss-reactive ketones (excluding diaryl/α,β-unsaturated/α-hetero) is 1. The zero-order valence-electron chi connectivity index (χ0n) is 10.4. The average Bonchev–Trinajstić information content (AvgIpc) is 2.20. The van der Waals surface area contributed by atoms with Crippen LogP contribution in [0.15, 0.2) is 0 Å². The smallest absolute Gasteiger partial charge is 0.152 e. The molecule has 0 aromatic rings. The Morgan fingerprint density at radius 3 is 2.41 bits per heavy atom. The molecule has 1 aliphatic rings. The van der Waals surface area contributed by atoms with Crippen LogP contribution in [0.3, 0.4) is 0 Å². The number of thiol groups is 1. The third-order valence-electron chi connectivity index (χ3n) is 3.28. The van der Waals surface area contributed by atoms with Crippen LogP contribution in [-0.4, -0.2) is 47.1 Å². The molecule has 0 N–H and O–H groups in total. The number of carbonyl (C=O) groups is 1. The van der Waals surface area contributed by atoms with E-state index in [-0.39, 0.29) is 22.3 Å². The van der Waals surface area contributed by atoms with Crippen molar-refractivity contribution in [2.75, 3.05) is 19.6 Å². The summed E-state index contributed by atoms with van der Waals surface area (Å²) < 4.78 is 13.0. The highest BCUT2D eigenvalue weighted by atomic mass is 35.5. The van der Waals surface area contributed by atoms with Crippen LogP contribution in [0.1, 0.15) is 26.7 Å². The van der Waals surface area contributed by atoms with Gasteiger partial charge in [-0.15, -0.1) is 11.6 Å². The second kappa shape index (κ2) is 6.95. The van der Waals surface area contributed by atoms with Gasteiger partial charge in [0.1, 0.15) is 6.17 Å². The molecule has 1 aliphatic heterocycles. The minimum Gasteiger partial charge on any atom is -0.298 e. The first-order chi connectivity index (χ1) is 7.91. The van der Waals surface area contributed by atoms with Gasteiger partial charge in [-0.1, -0.05) is 6.92 Å². The summed E-state index contributed by atoms with van der Waals surface area (Å²) in [6, 6.07) is 0. The van der Waals surface area contributed by atoms with Crippen molar-refractivity contribution in [3.8, 4) is 0 Å². The summed E-state index contributed by atoms with van der Waals surface area (Å²) in [5.41, 5.74) is 0. The molecule has 1 fully saturated rings. The molecule has 0 saturated carbocycles. The lowest BCUT2D eigenvalue weighted by atomic mass is 9.96. The number of halogens is 2. The summed E-state index contributed by atoms with van der Waals surface area (Å²) in [7, 11) is 0. The fraction of sp³-hybridized carbons (Fsp3) is 0.917. The molecule has 17 heavy (non-hydrogen) atoms. The van der Waals surface area contributed by atoms with Crippen LogP contribution in [0.5, 0.6) is 0 Å². The third kappa shape index (κ3) is 4.76. The van der Waals surface area contributed by atoms with Crippen molar-refractivity contribution in [1.82, 2.24) is 4.90 Å². The molecule has 0 spiro atoms. The van der Waals surface area contributed by atoms with Crippen molar-refractivity contribution in [2.24, 2.45) is 5.92 Å². The number of piperidine rings is 1. The molecule has 0 radical (unpaired) electrons. The van der Waals surface area contributed by atoms with Gasteiger partial charge in [-0.05, 0) is 19.8 Å². The summed E-state index contributed by atoms with van der Waals surface area (Å²) >= 11 is 10.3. The number of alkyl halides is 2. The van der Waals surface area contributed by atoms with E-state index in [0.29, 0.717) is 32.5 Å². The summed E-state index contributed by atoms with van der Waals surface area (Å²) in [4.78, 5) is 14.1. The maximum absolute atomic E-state index is 13.0. The minimum atomic E-state index is -0.701. The van der Waals surface area contributed by atoms with Crippen LogP contribution >= 0.6 is 24.2 Å². The number of ketones is 1. The molecule has 2 nitrogen and oxygen atoms in total. The monoisotopic (exact) mass is 281 g/mol. The molecule has 0 aromatic carbocycles. The van der Waals surface area contributed by atoms with Gasteiger partial charge in [0.2, 0.25) is 0 Å². The molecule has 1 rings (SSSR count). The zero-order chi connectivity index (χ0) is 13.0. The number of rotatable bonds is 5. The van der Waals surface area contributed by atoms with Gasteiger partial charge >= 0.3 is 0 Å². The predicted octanol–water partition coefficient (Wildman–Crippen LogP) is 2.55. The van der Waals surface area contributed by atoms with Crippen LogP contribution in [0.2, 0.25) is 0 Å². The zero-order valence-corrected chi connectivity index (χ0v) is 12.1. The highest BCUT2D eigenvalue weighted by molar-refractivity contribution is 7.81. The van der Waals surface area contributed by atoms with Crippen molar-refractivity contribution in [3.05, 3.63) is 0 Å². The standard InChI is InChI=1S/C12H21ClFNOS/c1-8(13)12(9(2)17)11(16)7-15-5-3-10(14)4-6-15/h8-10,12,17H,3-7H2,1-2H3/t8?,9?,12-/m1/s1. The van der Waals surface area contributed by atoms with E-state index in [0.717, 1.165) is 0 Å². The normalized spacial score (nSPS) is 24.3. The van der Waals surface area contributed by atoms with E-state index in [1.54, 1.807) is 0 Å². The molecular formula is C12H21ClFNOS. The number of nitrogens with zero attached hydrogens (tertiary/aromatic N) is 1. The lowest BCUT2D eigenvalue weighted by Crippen LogP contribution is -2.42. The average molecular weight is 282 g/mol. The van der Waals surface area contributed by atoms with E-state index in [2.05, 4.69) is 12.6 Å². The minimum absolute atomic E-state index is 0.0475. The summed E-state index contributed by atoms with van der Waals surface area (Å²) in [6.45, 7) is 5.41. The van der Waals surface area contributed by atoms with E-state index < -0.39 is 6.17 Å². The van der Waals surface area contributed by atoms with Gasteiger partial charge in [-0.25, -0.2) is 4.39 Å². The molecule has 2 unspecified atom stereocenters. The van der Waals surface area contributed by atoms with Crippen molar-refractivity contribution in [2.45, 2.75) is 43.5 Å². The molecule has 0 aliphatic carbocycles. The van der Waals surface area contributed by atoms with E-state index in [9.17, 15) is 9.18 Å². The van der Waals surface area contributed by atoms with Crippen LogP contribution in [0, 0.1) is 5.92 Å². The van der Waals surface area contributed by atoms with Gasteiger partial charge in [0.05, 0.1) is 6.54 Å². The fourth-order valence-electron chi connectivity index (χ4n) is 2.29. The Kier molecular flexibility index (Phi) is 6.24. The lowest BCUT2D eigenvalue weighted by Gasteiger charge is -2.30. The molecule has 1 heterocycles. The van der Waals surface area contributed by atoms with Gasteiger partial charge in [0, 0.05) is 29.6 Å². The number of hydrogen-bond donors (Lipinski definition) is 1. The highest BCUT2D eigenvalue weighted by Crippen LogP contribution is 2.21. The maximum Gasteiger partial charge on any atom is 0.152 e. The molecule has 3 atom stereocenters. The molecule has 0 aromatic heterocycles. The molecule has 100 valence electrons. The summed E-state index contributed by atoms with van der Waals surface area (Å²) in [6.07, 6.45) is 0.364. The summed E-state index contributed by atoms with van der Waals surface area (Å²) in [5.74, 6) is -0.115. The van der Waals surface area contributed by atoms with E-state index in [1.807, 2.05) is 18.7 Å². The van der Waals surface area contributed by atoms with Crippen LogP contribution in [0.25, 0.3) is 0 Å². The van der Waals surface area contributed by atoms with Crippen molar-refractivity contribution in [3.63, 3.8) is 0 Å². The van der Waals surface area contributed by atoms with Crippen molar-refractivity contribution < 1.29 is 9.18 Å². The van der Waals surface area contributed by atoms with Gasteiger partial charge in [0.15, 0.2) is 5.78 Å². The maximum atomic E-state index is 13.0. The van der Waals surface area contributed by atoms with Crippen LogP contribution < -0.4 is 0 Å². The Morgan fingerprint density at radius 1 is 1.47 bits per heavy atom. The molecule has 5 heteroatoms. The molecule has 0 bridgehead atoms. The second-order valence-corrected chi connectivity index (χ2v) is 6.36. The van der Waals surface area contributed by atoms with Crippen molar-refractivity contribution in [1.29, 1.82) is 0 Å². The van der Waals surface area contributed by atoms with Gasteiger partial charge in [0.25, 0.3) is 0 Å². The number of carbonyl (C=O) groups excluding carboxylic acids is 1. The SMILES string of the molecule is CC(S)[C@H](C(=O)CN1CCC(F)CC1)C(C)Cl. The van der Waals surface area contributed by atoms with Gasteiger partial charge in [-0.3, -0.25) is 9.69 Å². The Morgan fingerprint density at radius 2 is 2.00 bits per heavy atom. The topological polar surface area (TPSA) is 20.3 Å². The van der Waals surface area contributed by atoms with Crippen LogP contribution in [-0.2, 0) is 4.79 Å². The number of hydrogen-bond acceptors (Lipinski definition) is 3. The molecular weight excluding hydrogens is 261 g/mol. The first-order valence-corrected chi connectivity index (χ1v) is 7.08. The fourth-order valence-corrected chi connectivity index (χ4v) is 3.18. The van der Waals surface area contributed by atoms with E-state index in [4.69, 9.17) is 11.6 Å². The van der Waals surface area contributed by atoms with Gasteiger partial charge < -0.3 is 0 Å². The summed E-state index contributed by atoms with van der Waals surface area (Å²) in [5, 5.41) is -0.262. The lowest BCUT2D eigenvalue weighted by molar-refractivity contribution is -0.124. The Balaban J connectivity index is 2.47. The molecule has 0 amide bonds. The predicted molar refractivity (Wildman–Crippen MR) is 72.8 cm³/mol. The first kappa shape index (κ1) is 15.3. The van der Waals surface area contributed by atoms with Crippen LogP contribution in [0.4, 0.5) is 4.39 Å². The number of likely N-dealkylation sites (tertiary alicyclic amines) is 1. The second-order valence-electron chi connectivity index (χ2n) is 4.86. The van der Waals surface area contributed by atoms with Gasteiger partial charge in [-0.2, -0.15) is 12.6 Å². The quantitative estimate of drug-likeness (QED) is 0.617. The van der Waals surface area contributed by atoms with E-state index >= 15 is 0 Å². The first-order valence-electron chi connectivity index (χ1n) is 6.13. The Hall–Kier alpha value is 0.200. The molecule has 1 saturated heterocycles. The largest absolute Gasteiger partial charge is 0.298 e. The van der Waals surface area contributed by atoms with E-state index in [1.165, 1.54) is 0 Å². The Labute approximate surface area is 113 Å². The van der Waals surface area contributed by atoms with Crippen molar-refractivity contribution >= 4 is 30.0 Å². The third-order valence-corrected chi connectivity index (χ3v) is 3.88. The highest BCUT2D eigenvalue weighted by Gasteiger charge is 2.29.